The van der Waals surface area contributed by atoms with Crippen molar-refractivity contribution in [1.82, 2.24) is 5.32 Å². The summed E-state index contributed by atoms with van der Waals surface area (Å²) < 4.78 is 0. The molecule has 0 aliphatic carbocycles. The molecule has 0 saturated heterocycles. The molecular weight excluding hydrogens is 192 g/mol. The van der Waals surface area contributed by atoms with Crippen LogP contribution in [0, 0.1) is 5.92 Å². The largest absolute Gasteiger partial charge is 0.330 e. The van der Waals surface area contributed by atoms with Crippen LogP contribution in [-0.4, -0.2) is 13.1 Å². The number of aryl methyl sites for hydroxylation is 1. The quantitative estimate of drug-likeness (QED) is 0.757. The zero-order valence-electron chi connectivity index (χ0n) is 9.05. The molecule has 80 valence electrons. The number of thiophene rings is 1. The Balaban J connectivity index is 2.31. The fourth-order valence-corrected chi connectivity index (χ4v) is 2.30. The van der Waals surface area contributed by atoms with Gasteiger partial charge >= 0.3 is 0 Å². The van der Waals surface area contributed by atoms with E-state index in [4.69, 9.17) is 5.73 Å². The molecule has 1 rings (SSSR count). The molecule has 0 fully saturated rings. The maximum absolute atomic E-state index is 5.55. The highest BCUT2D eigenvalue weighted by Gasteiger charge is 2.02. The van der Waals surface area contributed by atoms with Gasteiger partial charge in [-0.2, -0.15) is 0 Å². The monoisotopic (exact) mass is 212 g/mol. The third-order valence-electron chi connectivity index (χ3n) is 2.40. The van der Waals surface area contributed by atoms with E-state index in [1.807, 2.05) is 11.3 Å². The lowest BCUT2D eigenvalue weighted by atomic mass is 10.2. The van der Waals surface area contributed by atoms with Crippen molar-refractivity contribution >= 4 is 11.3 Å². The van der Waals surface area contributed by atoms with Gasteiger partial charge in [0.05, 0.1) is 0 Å². The fraction of sp³-hybridized carbons (Fsp3) is 0.636. The zero-order chi connectivity index (χ0) is 10.4. The summed E-state index contributed by atoms with van der Waals surface area (Å²) in [5, 5.41) is 5.61. The van der Waals surface area contributed by atoms with Gasteiger partial charge in [-0.1, -0.05) is 13.8 Å². The minimum Gasteiger partial charge on any atom is -0.330 e. The maximum Gasteiger partial charge on any atom is 0.0302 e. The second-order valence-corrected chi connectivity index (χ2v) is 4.70. The van der Waals surface area contributed by atoms with Gasteiger partial charge in [0.25, 0.3) is 0 Å². The van der Waals surface area contributed by atoms with Gasteiger partial charge < -0.3 is 11.1 Å². The second-order valence-electron chi connectivity index (χ2n) is 3.69. The number of hydrogen-bond donors (Lipinski definition) is 2. The Morgan fingerprint density at radius 2 is 2.36 bits per heavy atom. The molecule has 0 amide bonds. The maximum atomic E-state index is 5.55. The van der Waals surface area contributed by atoms with Crippen LogP contribution in [0.3, 0.4) is 0 Å². The van der Waals surface area contributed by atoms with Gasteiger partial charge in [0, 0.05) is 11.4 Å². The zero-order valence-corrected chi connectivity index (χ0v) is 9.86. The third kappa shape index (κ3) is 3.40. The Hall–Kier alpha value is -0.380. The van der Waals surface area contributed by atoms with Crippen molar-refractivity contribution in [3.05, 3.63) is 21.9 Å². The van der Waals surface area contributed by atoms with Crippen LogP contribution in [0.5, 0.6) is 0 Å². The molecule has 1 atom stereocenters. The van der Waals surface area contributed by atoms with Gasteiger partial charge in [0.15, 0.2) is 0 Å². The Morgan fingerprint density at radius 3 is 3.00 bits per heavy atom. The summed E-state index contributed by atoms with van der Waals surface area (Å²) in [4.78, 5) is 1.47. The van der Waals surface area contributed by atoms with Crippen molar-refractivity contribution in [1.29, 1.82) is 0 Å². The Kier molecular flexibility index (Phi) is 5.15. The first kappa shape index (κ1) is 11.7. The van der Waals surface area contributed by atoms with E-state index in [0.29, 0.717) is 5.92 Å². The van der Waals surface area contributed by atoms with Crippen molar-refractivity contribution in [3.8, 4) is 0 Å². The molecule has 0 radical (unpaired) electrons. The molecule has 0 spiro atoms. The van der Waals surface area contributed by atoms with Gasteiger partial charge in [-0.05, 0) is 42.4 Å². The van der Waals surface area contributed by atoms with Crippen LogP contribution in [0.4, 0.5) is 0 Å². The molecule has 0 saturated carbocycles. The highest BCUT2D eigenvalue weighted by Crippen LogP contribution is 2.16. The van der Waals surface area contributed by atoms with Crippen molar-refractivity contribution in [2.45, 2.75) is 26.8 Å². The number of nitrogens with one attached hydrogen (secondary N) is 1. The lowest BCUT2D eigenvalue weighted by Gasteiger charge is -2.09. The first-order valence-corrected chi connectivity index (χ1v) is 6.11. The Labute approximate surface area is 90.5 Å². The second kappa shape index (κ2) is 6.17. The SMILES string of the molecule is CCc1ccsc1CNCC(C)CN. The topological polar surface area (TPSA) is 38.0 Å². The summed E-state index contributed by atoms with van der Waals surface area (Å²) in [6.45, 7) is 7.14. The minimum atomic E-state index is 0.569. The Morgan fingerprint density at radius 1 is 1.57 bits per heavy atom. The van der Waals surface area contributed by atoms with Gasteiger partial charge in [-0.25, -0.2) is 0 Å². The van der Waals surface area contributed by atoms with Crippen molar-refractivity contribution in [2.75, 3.05) is 13.1 Å². The van der Waals surface area contributed by atoms with Crippen LogP contribution in [0.1, 0.15) is 24.3 Å². The van der Waals surface area contributed by atoms with Gasteiger partial charge in [0.2, 0.25) is 0 Å². The van der Waals surface area contributed by atoms with E-state index >= 15 is 0 Å². The summed E-state index contributed by atoms with van der Waals surface area (Å²) in [7, 11) is 0. The summed E-state index contributed by atoms with van der Waals surface area (Å²) in [5.41, 5.74) is 7.03. The predicted octanol–water partition coefficient (Wildman–Crippen LogP) is 1.99. The first-order valence-electron chi connectivity index (χ1n) is 5.24. The molecule has 0 bridgehead atoms. The molecule has 3 heteroatoms. The summed E-state index contributed by atoms with van der Waals surface area (Å²) >= 11 is 1.84. The van der Waals surface area contributed by atoms with Gasteiger partial charge in [-0.15, -0.1) is 11.3 Å². The first-order chi connectivity index (χ1) is 6.77. The average Bonchev–Trinajstić information content (AvgIpc) is 2.65. The van der Waals surface area contributed by atoms with E-state index in [2.05, 4.69) is 30.6 Å². The highest BCUT2D eigenvalue weighted by atomic mass is 32.1. The normalized spacial score (nSPS) is 13.1. The van der Waals surface area contributed by atoms with Crippen molar-refractivity contribution < 1.29 is 0 Å². The van der Waals surface area contributed by atoms with Crippen LogP contribution in [0.2, 0.25) is 0 Å². The smallest absolute Gasteiger partial charge is 0.0302 e. The number of rotatable bonds is 6. The van der Waals surface area contributed by atoms with Gasteiger partial charge in [-0.3, -0.25) is 0 Å². The molecule has 14 heavy (non-hydrogen) atoms. The Bertz CT molecular complexity index is 258. The van der Waals surface area contributed by atoms with E-state index in [0.717, 1.165) is 26.1 Å². The molecular formula is C11H20N2S. The summed E-state index contributed by atoms with van der Waals surface area (Å²) in [6, 6.07) is 2.22. The van der Waals surface area contributed by atoms with Crippen LogP contribution < -0.4 is 11.1 Å². The number of nitrogens with two attached hydrogens (primary N) is 1. The van der Waals surface area contributed by atoms with Gasteiger partial charge in [0.1, 0.15) is 0 Å². The van der Waals surface area contributed by atoms with E-state index in [-0.39, 0.29) is 0 Å². The molecule has 1 unspecified atom stereocenters. The lowest BCUT2D eigenvalue weighted by molar-refractivity contribution is 0.523. The van der Waals surface area contributed by atoms with E-state index < -0.39 is 0 Å². The van der Waals surface area contributed by atoms with Crippen LogP contribution in [-0.2, 0) is 13.0 Å². The van der Waals surface area contributed by atoms with Crippen LogP contribution >= 0.6 is 11.3 Å². The minimum absolute atomic E-state index is 0.569. The van der Waals surface area contributed by atoms with Crippen molar-refractivity contribution in [3.63, 3.8) is 0 Å². The number of hydrogen-bond acceptors (Lipinski definition) is 3. The fourth-order valence-electron chi connectivity index (χ4n) is 1.35. The van der Waals surface area contributed by atoms with E-state index in [9.17, 15) is 0 Å². The molecule has 1 aromatic heterocycles. The van der Waals surface area contributed by atoms with E-state index in [1.54, 1.807) is 0 Å². The molecule has 0 aliphatic rings. The molecule has 2 nitrogen and oxygen atoms in total. The molecule has 0 aromatic carbocycles. The standard InChI is InChI=1S/C11H20N2S/c1-3-10-4-5-14-11(10)8-13-7-9(2)6-12/h4-5,9,13H,3,6-8,12H2,1-2H3. The molecule has 1 heterocycles. The molecule has 1 aromatic rings. The third-order valence-corrected chi connectivity index (χ3v) is 3.36. The van der Waals surface area contributed by atoms with E-state index in [1.165, 1.54) is 10.4 Å². The molecule has 0 aliphatic heterocycles. The average molecular weight is 212 g/mol. The predicted molar refractivity (Wildman–Crippen MR) is 63.6 cm³/mol. The summed E-state index contributed by atoms with van der Waals surface area (Å²) in [5.74, 6) is 0.569. The molecule has 3 N–H and O–H groups in total. The van der Waals surface area contributed by atoms with Crippen molar-refractivity contribution in [2.24, 2.45) is 11.7 Å². The summed E-state index contributed by atoms with van der Waals surface area (Å²) in [6.07, 6.45) is 1.13. The lowest BCUT2D eigenvalue weighted by Crippen LogP contribution is -2.25. The van der Waals surface area contributed by atoms with Crippen LogP contribution in [0.15, 0.2) is 11.4 Å². The van der Waals surface area contributed by atoms with Crippen LogP contribution in [0.25, 0.3) is 0 Å². The highest BCUT2D eigenvalue weighted by molar-refractivity contribution is 7.10.